The van der Waals surface area contributed by atoms with E-state index in [2.05, 4.69) is 20.2 Å². The minimum atomic E-state index is -0.176. The molecule has 1 unspecified atom stereocenters. The minimum absolute atomic E-state index is 0.176. The van der Waals surface area contributed by atoms with Crippen molar-refractivity contribution in [2.45, 2.75) is 18.9 Å². The standard InChI is InChI=1S/C20H25N5O2/c26-20(15-24-9-3-4-10-24)25-11-12-27-18(14-25)17-7-6-16(13-22-17)23-19-5-1-2-8-21-19/h1-2,5-8,13,18H,3-4,9-12,14-15H2,(H,21,23). The first-order valence-electron chi connectivity index (χ1n) is 9.54. The van der Waals surface area contributed by atoms with Crippen LogP contribution in [0.3, 0.4) is 0 Å². The van der Waals surface area contributed by atoms with Gasteiger partial charge >= 0.3 is 0 Å². The van der Waals surface area contributed by atoms with E-state index in [0.29, 0.717) is 26.2 Å². The van der Waals surface area contributed by atoms with Gasteiger partial charge < -0.3 is 15.0 Å². The molecule has 0 radical (unpaired) electrons. The molecule has 4 rings (SSSR count). The van der Waals surface area contributed by atoms with E-state index in [4.69, 9.17) is 4.74 Å². The summed E-state index contributed by atoms with van der Waals surface area (Å²) in [4.78, 5) is 25.5. The number of hydrogen-bond acceptors (Lipinski definition) is 6. The molecule has 2 saturated heterocycles. The Morgan fingerprint density at radius 3 is 2.78 bits per heavy atom. The molecular weight excluding hydrogens is 342 g/mol. The zero-order valence-electron chi connectivity index (χ0n) is 15.4. The Kier molecular flexibility index (Phi) is 5.60. The van der Waals surface area contributed by atoms with Gasteiger partial charge in [0.25, 0.3) is 0 Å². The van der Waals surface area contributed by atoms with Gasteiger partial charge in [0.15, 0.2) is 0 Å². The van der Waals surface area contributed by atoms with Crippen molar-refractivity contribution >= 4 is 17.4 Å². The summed E-state index contributed by atoms with van der Waals surface area (Å²) in [6.45, 7) is 4.35. The molecule has 0 bridgehead atoms. The highest BCUT2D eigenvalue weighted by molar-refractivity contribution is 5.78. The smallest absolute Gasteiger partial charge is 0.236 e. The maximum Gasteiger partial charge on any atom is 0.236 e. The molecule has 0 aliphatic carbocycles. The third-order valence-corrected chi connectivity index (χ3v) is 5.03. The average molecular weight is 367 g/mol. The van der Waals surface area contributed by atoms with E-state index in [0.717, 1.165) is 30.3 Å². The number of carbonyl (C=O) groups excluding carboxylic acids is 1. The number of ether oxygens (including phenoxy) is 1. The van der Waals surface area contributed by atoms with Gasteiger partial charge in [-0.2, -0.15) is 0 Å². The summed E-state index contributed by atoms with van der Waals surface area (Å²) in [6, 6.07) is 9.63. The van der Waals surface area contributed by atoms with Crippen molar-refractivity contribution in [2.75, 3.05) is 44.6 Å². The molecule has 2 aromatic heterocycles. The monoisotopic (exact) mass is 367 g/mol. The number of anilines is 2. The van der Waals surface area contributed by atoms with Crippen LogP contribution in [0.2, 0.25) is 0 Å². The summed E-state index contributed by atoms with van der Waals surface area (Å²) in [6.07, 6.45) is 5.74. The fraction of sp³-hybridized carbons (Fsp3) is 0.450. The van der Waals surface area contributed by atoms with E-state index in [1.54, 1.807) is 12.4 Å². The van der Waals surface area contributed by atoms with Crippen LogP contribution >= 0.6 is 0 Å². The van der Waals surface area contributed by atoms with Crippen molar-refractivity contribution in [1.29, 1.82) is 0 Å². The number of likely N-dealkylation sites (tertiary alicyclic amines) is 1. The van der Waals surface area contributed by atoms with E-state index < -0.39 is 0 Å². The van der Waals surface area contributed by atoms with Gasteiger partial charge in [-0.05, 0) is 50.2 Å². The number of carbonyl (C=O) groups is 1. The quantitative estimate of drug-likeness (QED) is 0.874. The maximum absolute atomic E-state index is 12.6. The fourth-order valence-electron chi connectivity index (χ4n) is 3.54. The van der Waals surface area contributed by atoms with E-state index in [1.165, 1.54) is 12.8 Å². The molecule has 142 valence electrons. The Hall–Kier alpha value is -2.51. The summed E-state index contributed by atoms with van der Waals surface area (Å²) in [7, 11) is 0. The molecular formula is C20H25N5O2. The number of aromatic nitrogens is 2. The molecule has 0 spiro atoms. The highest BCUT2D eigenvalue weighted by Gasteiger charge is 2.27. The van der Waals surface area contributed by atoms with Crippen molar-refractivity contribution < 1.29 is 9.53 Å². The van der Waals surface area contributed by atoms with Crippen molar-refractivity contribution in [3.8, 4) is 0 Å². The van der Waals surface area contributed by atoms with Crippen LogP contribution in [-0.4, -0.2) is 65.0 Å². The molecule has 1 atom stereocenters. The van der Waals surface area contributed by atoms with E-state index in [1.807, 2.05) is 35.2 Å². The summed E-state index contributed by atoms with van der Waals surface area (Å²) in [5.74, 6) is 0.971. The zero-order chi connectivity index (χ0) is 18.5. The zero-order valence-corrected chi connectivity index (χ0v) is 15.4. The summed E-state index contributed by atoms with van der Waals surface area (Å²) >= 11 is 0. The van der Waals surface area contributed by atoms with E-state index in [9.17, 15) is 4.79 Å². The topological polar surface area (TPSA) is 70.6 Å². The number of morpholine rings is 1. The molecule has 2 aromatic rings. The van der Waals surface area contributed by atoms with Crippen LogP contribution in [0.1, 0.15) is 24.6 Å². The Bertz CT molecular complexity index is 747. The third-order valence-electron chi connectivity index (χ3n) is 5.03. The van der Waals surface area contributed by atoms with Crippen molar-refractivity contribution in [1.82, 2.24) is 19.8 Å². The van der Waals surface area contributed by atoms with Crippen LogP contribution in [0, 0.1) is 0 Å². The number of rotatable bonds is 5. The van der Waals surface area contributed by atoms with Gasteiger partial charge in [-0.15, -0.1) is 0 Å². The van der Waals surface area contributed by atoms with Crippen molar-refractivity contribution in [3.63, 3.8) is 0 Å². The summed E-state index contributed by atoms with van der Waals surface area (Å²) < 4.78 is 5.87. The number of nitrogens with one attached hydrogen (secondary N) is 1. The average Bonchev–Trinajstić information content (AvgIpc) is 3.22. The van der Waals surface area contributed by atoms with Crippen molar-refractivity contribution in [3.05, 3.63) is 48.4 Å². The Morgan fingerprint density at radius 1 is 1.15 bits per heavy atom. The first-order valence-corrected chi connectivity index (χ1v) is 9.54. The largest absolute Gasteiger partial charge is 0.368 e. The second-order valence-electron chi connectivity index (χ2n) is 6.99. The molecule has 2 fully saturated rings. The molecule has 2 aliphatic rings. The van der Waals surface area contributed by atoms with Crippen LogP contribution < -0.4 is 5.32 Å². The Balaban J connectivity index is 1.35. The third kappa shape index (κ3) is 4.61. The van der Waals surface area contributed by atoms with Gasteiger partial charge in [-0.3, -0.25) is 14.7 Å². The summed E-state index contributed by atoms with van der Waals surface area (Å²) in [5, 5.41) is 3.22. The first kappa shape index (κ1) is 17.9. The van der Waals surface area contributed by atoms with Gasteiger partial charge in [0.05, 0.1) is 37.3 Å². The first-order chi connectivity index (χ1) is 13.3. The second-order valence-corrected chi connectivity index (χ2v) is 6.99. The molecule has 1 N–H and O–H groups in total. The van der Waals surface area contributed by atoms with Gasteiger partial charge in [0.2, 0.25) is 5.91 Å². The van der Waals surface area contributed by atoms with E-state index in [-0.39, 0.29) is 12.0 Å². The fourth-order valence-corrected chi connectivity index (χ4v) is 3.54. The highest BCUT2D eigenvalue weighted by atomic mass is 16.5. The van der Waals surface area contributed by atoms with Gasteiger partial charge in [-0.25, -0.2) is 4.98 Å². The number of hydrogen-bond donors (Lipinski definition) is 1. The van der Waals surface area contributed by atoms with Gasteiger partial charge in [0.1, 0.15) is 11.9 Å². The van der Waals surface area contributed by atoms with Crippen LogP contribution in [-0.2, 0) is 9.53 Å². The molecule has 0 saturated carbocycles. The Morgan fingerprint density at radius 2 is 2.04 bits per heavy atom. The summed E-state index contributed by atoms with van der Waals surface area (Å²) in [5.41, 5.74) is 1.72. The normalized spacial score (nSPS) is 20.6. The maximum atomic E-state index is 12.6. The van der Waals surface area contributed by atoms with Gasteiger partial charge in [-0.1, -0.05) is 6.07 Å². The van der Waals surface area contributed by atoms with E-state index >= 15 is 0 Å². The number of pyridine rings is 2. The van der Waals surface area contributed by atoms with Crippen LogP contribution in [0.4, 0.5) is 11.5 Å². The predicted molar refractivity (Wildman–Crippen MR) is 103 cm³/mol. The lowest BCUT2D eigenvalue weighted by Crippen LogP contribution is -2.46. The van der Waals surface area contributed by atoms with Crippen LogP contribution in [0.15, 0.2) is 42.7 Å². The van der Waals surface area contributed by atoms with Crippen LogP contribution in [0.5, 0.6) is 0 Å². The molecule has 2 aliphatic heterocycles. The molecule has 4 heterocycles. The molecule has 0 aromatic carbocycles. The molecule has 7 nitrogen and oxygen atoms in total. The van der Waals surface area contributed by atoms with Gasteiger partial charge in [0, 0.05) is 12.7 Å². The lowest BCUT2D eigenvalue weighted by molar-refractivity contribution is -0.140. The highest BCUT2D eigenvalue weighted by Crippen LogP contribution is 2.23. The number of nitrogens with zero attached hydrogens (tertiary/aromatic N) is 4. The van der Waals surface area contributed by atoms with Crippen molar-refractivity contribution in [2.24, 2.45) is 0 Å². The molecule has 7 heteroatoms. The second kappa shape index (κ2) is 8.45. The molecule has 1 amide bonds. The Labute approximate surface area is 159 Å². The SMILES string of the molecule is O=C(CN1CCCC1)N1CCOC(c2ccc(Nc3ccccn3)cn2)C1. The minimum Gasteiger partial charge on any atom is -0.368 e. The lowest BCUT2D eigenvalue weighted by Gasteiger charge is -2.33. The lowest BCUT2D eigenvalue weighted by atomic mass is 10.1. The molecule has 27 heavy (non-hydrogen) atoms. The van der Waals surface area contributed by atoms with Crippen LogP contribution in [0.25, 0.3) is 0 Å². The number of amides is 1. The predicted octanol–water partition coefficient (Wildman–Crippen LogP) is 2.22.